The van der Waals surface area contributed by atoms with Gasteiger partial charge < -0.3 is 58.5 Å². The van der Waals surface area contributed by atoms with Gasteiger partial charge >= 0.3 is 5.97 Å². The minimum Gasteiger partial charge on any atom is -0.481 e. The number of guanidine groups is 1. The van der Waals surface area contributed by atoms with Crippen LogP contribution in [0, 0.1) is 0 Å². The molecule has 5 atom stereocenters. The molecule has 0 aliphatic carbocycles. The standard InChI is InChI=1S/C25H40N10O10/c1-12-20(41)29-9-17(37)32-13(4-2-6-28-25(26)27)21(42)30-10-18(38)33-14(8-19(39)40)22(43)34-15(11-36)24(45)35-7-3-5-16(35)23(44)31-12/h12-16,36H,2-11H2,1H3,(H,29,41)(H,30,42)(H,31,44)(H,32,37)(H,33,38)(H,34,43)(H,39,40)(H4,26,27,28). The minimum atomic E-state index is -1.71. The number of hydrogen-bond donors (Lipinski definition) is 10. The maximum atomic E-state index is 13.2. The number of carboxylic acid groups (broad SMARTS) is 1. The van der Waals surface area contributed by atoms with Gasteiger partial charge in [0, 0.05) is 13.1 Å². The first-order valence-electron chi connectivity index (χ1n) is 14.2. The lowest BCUT2D eigenvalue weighted by Gasteiger charge is -2.29. The molecule has 12 N–H and O–H groups in total. The number of carboxylic acids is 1. The molecule has 20 nitrogen and oxygen atoms in total. The molecule has 0 saturated carbocycles. The lowest BCUT2D eigenvalue weighted by molar-refractivity contribution is -0.144. The fourth-order valence-electron chi connectivity index (χ4n) is 4.59. The molecule has 45 heavy (non-hydrogen) atoms. The van der Waals surface area contributed by atoms with Gasteiger partial charge in [-0.05, 0) is 32.6 Å². The fourth-order valence-corrected chi connectivity index (χ4v) is 4.59. The zero-order valence-electron chi connectivity index (χ0n) is 24.7. The van der Waals surface area contributed by atoms with Crippen molar-refractivity contribution in [1.82, 2.24) is 36.8 Å². The van der Waals surface area contributed by atoms with Gasteiger partial charge in [0.25, 0.3) is 0 Å². The van der Waals surface area contributed by atoms with Gasteiger partial charge in [-0.2, -0.15) is 0 Å². The predicted molar refractivity (Wildman–Crippen MR) is 153 cm³/mol. The smallest absolute Gasteiger partial charge is 0.305 e. The van der Waals surface area contributed by atoms with E-state index in [1.165, 1.54) is 6.92 Å². The second-order valence-corrected chi connectivity index (χ2v) is 10.4. The second-order valence-electron chi connectivity index (χ2n) is 10.4. The van der Waals surface area contributed by atoms with E-state index in [2.05, 4.69) is 36.9 Å². The fraction of sp³-hybridized carbons (Fsp3) is 0.640. The highest BCUT2D eigenvalue weighted by atomic mass is 16.4. The Kier molecular flexibility index (Phi) is 13.9. The molecule has 2 aliphatic heterocycles. The number of nitrogens with zero attached hydrogens (tertiary/aromatic N) is 2. The third kappa shape index (κ3) is 11.5. The average molecular weight is 641 g/mol. The van der Waals surface area contributed by atoms with Crippen LogP contribution in [0.15, 0.2) is 4.99 Å². The van der Waals surface area contributed by atoms with Crippen LogP contribution in [0.5, 0.6) is 0 Å². The van der Waals surface area contributed by atoms with Gasteiger partial charge in [-0.15, -0.1) is 0 Å². The van der Waals surface area contributed by atoms with E-state index in [4.69, 9.17) is 11.5 Å². The van der Waals surface area contributed by atoms with Crippen molar-refractivity contribution in [3.8, 4) is 0 Å². The van der Waals surface area contributed by atoms with Crippen molar-refractivity contribution in [3.63, 3.8) is 0 Å². The first-order valence-corrected chi connectivity index (χ1v) is 14.2. The van der Waals surface area contributed by atoms with Crippen molar-refractivity contribution in [2.24, 2.45) is 16.5 Å². The van der Waals surface area contributed by atoms with Crippen molar-refractivity contribution in [3.05, 3.63) is 0 Å². The summed E-state index contributed by atoms with van der Waals surface area (Å²) >= 11 is 0. The molecule has 0 radical (unpaired) electrons. The Morgan fingerprint density at radius 1 is 0.867 bits per heavy atom. The van der Waals surface area contributed by atoms with E-state index < -0.39 is 104 Å². The van der Waals surface area contributed by atoms with Crippen molar-refractivity contribution in [2.75, 3.05) is 32.8 Å². The Morgan fingerprint density at radius 2 is 1.49 bits per heavy atom. The number of hydrogen-bond acceptors (Lipinski definition) is 10. The van der Waals surface area contributed by atoms with Gasteiger partial charge in [0.15, 0.2) is 5.96 Å². The van der Waals surface area contributed by atoms with Gasteiger partial charge in [-0.1, -0.05) is 0 Å². The highest BCUT2D eigenvalue weighted by Crippen LogP contribution is 2.19. The molecule has 0 bridgehead atoms. The molecular formula is C25H40N10O10. The number of amides is 7. The first kappa shape index (κ1) is 36.2. The number of nitrogens with two attached hydrogens (primary N) is 2. The maximum absolute atomic E-state index is 13.2. The molecule has 0 aromatic rings. The summed E-state index contributed by atoms with van der Waals surface area (Å²) in [4.78, 5) is 106. The van der Waals surface area contributed by atoms with Gasteiger partial charge in [0.1, 0.15) is 30.2 Å². The van der Waals surface area contributed by atoms with Crippen LogP contribution < -0.4 is 43.4 Å². The average Bonchev–Trinajstić information content (AvgIpc) is 3.47. The molecule has 2 heterocycles. The summed E-state index contributed by atoms with van der Waals surface area (Å²) in [7, 11) is 0. The second kappa shape index (κ2) is 17.3. The maximum Gasteiger partial charge on any atom is 0.305 e. The molecule has 2 saturated heterocycles. The van der Waals surface area contributed by atoms with E-state index in [9.17, 15) is 48.6 Å². The Balaban J connectivity index is 2.33. The zero-order chi connectivity index (χ0) is 33.7. The number of carbonyl (C=O) groups is 8. The van der Waals surface area contributed by atoms with Gasteiger partial charge in [0.2, 0.25) is 41.4 Å². The van der Waals surface area contributed by atoms with Gasteiger partial charge in [-0.25, -0.2) is 0 Å². The van der Waals surface area contributed by atoms with Crippen LogP contribution >= 0.6 is 0 Å². The van der Waals surface area contributed by atoms with E-state index in [0.29, 0.717) is 6.42 Å². The van der Waals surface area contributed by atoms with Gasteiger partial charge in [0.05, 0.1) is 26.1 Å². The Bertz CT molecular complexity index is 1190. The number of carbonyl (C=O) groups excluding carboxylic acids is 7. The molecular weight excluding hydrogens is 600 g/mol. The van der Waals surface area contributed by atoms with E-state index in [0.717, 1.165) is 4.90 Å². The van der Waals surface area contributed by atoms with Crippen molar-refractivity contribution in [2.45, 2.75) is 69.2 Å². The summed E-state index contributed by atoms with van der Waals surface area (Å²) in [6.07, 6.45) is -0.0670. The monoisotopic (exact) mass is 640 g/mol. The SMILES string of the molecule is CC1NC(=O)C2CCCN2C(=O)C(CO)NC(=O)C(CC(=O)O)NC(=O)CNC(=O)C(CCCN=C(N)N)NC(=O)CNC1=O. The van der Waals surface area contributed by atoms with E-state index >= 15 is 0 Å². The normalized spacial score (nSPS) is 26.1. The number of fused-ring (bicyclic) bond motifs is 1. The topological polar surface area (TPSA) is 317 Å². The molecule has 0 aromatic carbocycles. The number of nitrogens with one attached hydrogen (secondary N) is 6. The van der Waals surface area contributed by atoms with Crippen LogP contribution in [-0.4, -0.2) is 131 Å². The molecule has 0 aromatic heterocycles. The van der Waals surface area contributed by atoms with Crippen LogP contribution in [0.4, 0.5) is 0 Å². The third-order valence-electron chi connectivity index (χ3n) is 6.86. The van der Waals surface area contributed by atoms with Crippen molar-refractivity contribution < 1.29 is 48.6 Å². The molecule has 5 unspecified atom stereocenters. The number of aliphatic hydroxyl groups excluding tert-OH is 1. The highest BCUT2D eigenvalue weighted by molar-refractivity contribution is 5.98. The molecule has 7 amide bonds. The number of aliphatic hydroxyl groups is 1. The Morgan fingerprint density at radius 3 is 2.09 bits per heavy atom. The first-order chi connectivity index (χ1) is 21.2. The summed E-state index contributed by atoms with van der Waals surface area (Å²) in [5, 5.41) is 33.0. The minimum absolute atomic E-state index is 0.00882. The number of aliphatic carboxylic acids is 1. The van der Waals surface area contributed by atoms with E-state index in [1.54, 1.807) is 0 Å². The summed E-state index contributed by atoms with van der Waals surface area (Å²) in [5.74, 6) is -7.66. The molecule has 2 fully saturated rings. The lowest BCUT2D eigenvalue weighted by atomic mass is 10.1. The number of rotatable bonds is 7. The molecule has 0 spiro atoms. The van der Waals surface area contributed by atoms with Crippen LogP contribution in [0.3, 0.4) is 0 Å². The molecule has 2 aliphatic rings. The van der Waals surface area contributed by atoms with Crippen molar-refractivity contribution >= 4 is 53.3 Å². The van der Waals surface area contributed by atoms with Gasteiger partial charge in [-0.3, -0.25) is 43.3 Å². The Hall–Kier alpha value is -5.01. The van der Waals surface area contributed by atoms with Crippen molar-refractivity contribution in [1.29, 1.82) is 0 Å². The summed E-state index contributed by atoms with van der Waals surface area (Å²) in [6.45, 7) is -0.671. The summed E-state index contributed by atoms with van der Waals surface area (Å²) in [6, 6.07) is -6.72. The highest BCUT2D eigenvalue weighted by Gasteiger charge is 2.39. The lowest BCUT2D eigenvalue weighted by Crippen LogP contribution is -2.59. The van der Waals surface area contributed by atoms with Crippen LogP contribution in [0.1, 0.15) is 39.0 Å². The largest absolute Gasteiger partial charge is 0.481 e. The predicted octanol–water partition coefficient (Wildman–Crippen LogP) is -6.30. The van der Waals surface area contributed by atoms with E-state index in [-0.39, 0.29) is 38.3 Å². The number of aliphatic imine (C=N–C) groups is 1. The Labute approximate surface area is 257 Å². The van der Waals surface area contributed by atoms with Crippen LogP contribution in [0.25, 0.3) is 0 Å². The van der Waals surface area contributed by atoms with Crippen LogP contribution in [-0.2, 0) is 38.4 Å². The molecule has 20 heteroatoms. The zero-order valence-corrected chi connectivity index (χ0v) is 24.7. The summed E-state index contributed by atoms with van der Waals surface area (Å²) in [5.41, 5.74) is 10.6. The molecule has 250 valence electrons. The molecule has 2 rings (SSSR count). The van der Waals surface area contributed by atoms with E-state index in [1.807, 2.05) is 0 Å². The summed E-state index contributed by atoms with van der Waals surface area (Å²) < 4.78 is 0. The quantitative estimate of drug-likeness (QED) is 0.0706. The van der Waals surface area contributed by atoms with Crippen LogP contribution in [0.2, 0.25) is 0 Å². The third-order valence-corrected chi connectivity index (χ3v) is 6.86.